The second-order valence-corrected chi connectivity index (χ2v) is 8.45. The highest BCUT2D eigenvalue weighted by Crippen LogP contribution is 2.31. The van der Waals surface area contributed by atoms with Gasteiger partial charge in [-0.15, -0.1) is 24.0 Å². The summed E-state index contributed by atoms with van der Waals surface area (Å²) in [6.45, 7) is 4.20. The molecule has 0 saturated carbocycles. The molecule has 0 heterocycles. The summed E-state index contributed by atoms with van der Waals surface area (Å²) < 4.78 is 61.2. The number of hydrogen-bond donors (Lipinski definition) is 2. The van der Waals surface area contributed by atoms with Crippen molar-refractivity contribution < 1.29 is 21.6 Å². The number of alkyl halides is 3. The Morgan fingerprint density at radius 3 is 2.41 bits per heavy atom. The zero-order valence-electron chi connectivity index (χ0n) is 15.6. The van der Waals surface area contributed by atoms with Gasteiger partial charge in [-0.1, -0.05) is 32.0 Å². The molecule has 0 fully saturated rings. The minimum atomic E-state index is -4.35. The average Bonchev–Trinajstić information content (AvgIpc) is 2.59. The number of nitrogens with zero attached hydrogens (tertiary/aromatic N) is 1. The summed E-state index contributed by atoms with van der Waals surface area (Å²) in [5.74, 6) is 0.510. The SMILES string of the molecule is CCS(=O)(=O)CCNC(=NC)NCCC(C)c1cccc(C(F)(F)F)c1.I. The van der Waals surface area contributed by atoms with Gasteiger partial charge < -0.3 is 10.6 Å². The summed E-state index contributed by atoms with van der Waals surface area (Å²) in [5, 5.41) is 5.95. The Balaban J connectivity index is 0.00000676. The van der Waals surface area contributed by atoms with Crippen molar-refractivity contribution in [3.63, 3.8) is 0 Å². The molecule has 0 spiro atoms. The van der Waals surface area contributed by atoms with Crippen molar-refractivity contribution >= 4 is 39.8 Å². The van der Waals surface area contributed by atoms with Crippen LogP contribution >= 0.6 is 24.0 Å². The number of guanidine groups is 1. The number of hydrogen-bond acceptors (Lipinski definition) is 3. The van der Waals surface area contributed by atoms with Crippen LogP contribution in [0.3, 0.4) is 0 Å². The molecule has 2 N–H and O–H groups in total. The summed E-state index contributed by atoms with van der Waals surface area (Å²) >= 11 is 0. The Morgan fingerprint density at radius 2 is 1.85 bits per heavy atom. The maximum absolute atomic E-state index is 12.8. The van der Waals surface area contributed by atoms with Gasteiger partial charge in [0, 0.05) is 25.9 Å². The number of aliphatic imine (C=N–C) groups is 1. The summed E-state index contributed by atoms with van der Waals surface area (Å²) in [6, 6.07) is 5.33. The van der Waals surface area contributed by atoms with Crippen molar-refractivity contribution in [2.75, 3.05) is 31.6 Å². The van der Waals surface area contributed by atoms with Gasteiger partial charge in [0.2, 0.25) is 0 Å². The van der Waals surface area contributed by atoms with E-state index in [4.69, 9.17) is 0 Å². The Bertz CT molecular complexity index is 710. The summed E-state index contributed by atoms with van der Waals surface area (Å²) in [5.41, 5.74) is -0.0250. The van der Waals surface area contributed by atoms with Gasteiger partial charge in [0.25, 0.3) is 0 Å². The van der Waals surface area contributed by atoms with Crippen molar-refractivity contribution in [2.45, 2.75) is 32.4 Å². The van der Waals surface area contributed by atoms with Gasteiger partial charge in [0.15, 0.2) is 15.8 Å². The van der Waals surface area contributed by atoms with E-state index in [-0.39, 0.29) is 47.9 Å². The first-order valence-electron chi connectivity index (χ1n) is 8.41. The Hall–Kier alpha value is -1.04. The maximum Gasteiger partial charge on any atom is 0.416 e. The van der Waals surface area contributed by atoms with Crippen LogP contribution in [0.5, 0.6) is 0 Å². The van der Waals surface area contributed by atoms with E-state index in [1.54, 1.807) is 20.0 Å². The molecule has 10 heteroatoms. The van der Waals surface area contributed by atoms with Crippen LogP contribution in [-0.4, -0.2) is 46.0 Å². The fraction of sp³-hybridized carbons (Fsp3) is 0.588. The molecule has 27 heavy (non-hydrogen) atoms. The summed E-state index contributed by atoms with van der Waals surface area (Å²) in [7, 11) is -1.48. The normalized spacial score (nSPS) is 13.6. The van der Waals surface area contributed by atoms with Crippen LogP contribution in [0.25, 0.3) is 0 Å². The van der Waals surface area contributed by atoms with E-state index < -0.39 is 21.6 Å². The topological polar surface area (TPSA) is 70.6 Å². The molecular formula is C17H27F3IN3O2S. The van der Waals surface area contributed by atoms with Crippen molar-refractivity contribution in [1.29, 1.82) is 0 Å². The summed E-state index contributed by atoms with van der Waals surface area (Å²) in [6.07, 6.45) is -3.74. The Morgan fingerprint density at radius 1 is 1.22 bits per heavy atom. The van der Waals surface area contributed by atoms with Gasteiger partial charge in [-0.3, -0.25) is 4.99 Å². The predicted octanol–water partition coefficient (Wildman–Crippen LogP) is 3.42. The van der Waals surface area contributed by atoms with Crippen molar-refractivity contribution in [1.82, 2.24) is 10.6 Å². The molecule has 5 nitrogen and oxygen atoms in total. The van der Waals surface area contributed by atoms with Gasteiger partial charge in [0.1, 0.15) is 0 Å². The van der Waals surface area contributed by atoms with E-state index in [0.717, 1.165) is 6.07 Å². The fourth-order valence-corrected chi connectivity index (χ4v) is 2.99. The zero-order valence-corrected chi connectivity index (χ0v) is 18.8. The molecule has 1 atom stereocenters. The van der Waals surface area contributed by atoms with Crippen molar-refractivity contribution in [3.05, 3.63) is 35.4 Å². The predicted molar refractivity (Wildman–Crippen MR) is 114 cm³/mol. The third kappa shape index (κ3) is 9.63. The lowest BCUT2D eigenvalue weighted by molar-refractivity contribution is -0.137. The van der Waals surface area contributed by atoms with Crippen LogP contribution < -0.4 is 10.6 Å². The third-order valence-electron chi connectivity index (χ3n) is 4.02. The first-order chi connectivity index (χ1) is 12.1. The van der Waals surface area contributed by atoms with Crippen LogP contribution in [0, 0.1) is 0 Å². The average molecular weight is 521 g/mol. The maximum atomic E-state index is 12.8. The molecule has 1 aromatic carbocycles. The van der Waals surface area contributed by atoms with Crippen LogP contribution in [0.15, 0.2) is 29.3 Å². The molecule has 0 aliphatic carbocycles. The van der Waals surface area contributed by atoms with Crippen molar-refractivity contribution in [3.8, 4) is 0 Å². The molecule has 0 amide bonds. The molecule has 1 aromatic rings. The molecule has 0 aromatic heterocycles. The molecule has 156 valence electrons. The standard InChI is InChI=1S/C17H26F3N3O2S.HI/c1-4-26(24,25)11-10-23-16(21-3)22-9-8-13(2)14-6-5-7-15(12-14)17(18,19)20;/h5-7,12-13H,4,8-11H2,1-3H3,(H2,21,22,23);1H. The van der Waals surface area contributed by atoms with E-state index >= 15 is 0 Å². The molecule has 0 radical (unpaired) electrons. The van der Waals surface area contributed by atoms with E-state index in [0.29, 0.717) is 24.5 Å². The van der Waals surface area contributed by atoms with Crippen LogP contribution in [0.1, 0.15) is 37.3 Å². The quantitative estimate of drug-likeness (QED) is 0.313. The van der Waals surface area contributed by atoms with Gasteiger partial charge in [0.05, 0.1) is 11.3 Å². The van der Waals surface area contributed by atoms with Gasteiger partial charge in [-0.05, 0) is 24.0 Å². The largest absolute Gasteiger partial charge is 0.416 e. The molecule has 0 aliphatic rings. The van der Waals surface area contributed by atoms with Gasteiger partial charge in [-0.2, -0.15) is 13.2 Å². The zero-order chi connectivity index (χ0) is 19.8. The van der Waals surface area contributed by atoms with E-state index in [1.807, 2.05) is 6.92 Å². The lowest BCUT2D eigenvalue weighted by atomic mass is 9.96. The van der Waals surface area contributed by atoms with E-state index in [9.17, 15) is 21.6 Å². The van der Waals surface area contributed by atoms with Crippen LogP contribution in [-0.2, 0) is 16.0 Å². The minimum Gasteiger partial charge on any atom is -0.356 e. The van der Waals surface area contributed by atoms with Gasteiger partial charge >= 0.3 is 6.18 Å². The second kappa shape index (κ2) is 11.7. The smallest absolute Gasteiger partial charge is 0.356 e. The number of rotatable bonds is 8. The molecule has 1 unspecified atom stereocenters. The molecule has 0 saturated heterocycles. The second-order valence-electron chi connectivity index (χ2n) is 5.98. The lowest BCUT2D eigenvalue weighted by Gasteiger charge is -2.16. The monoisotopic (exact) mass is 521 g/mol. The first-order valence-corrected chi connectivity index (χ1v) is 10.2. The first kappa shape index (κ1) is 26.0. The minimum absolute atomic E-state index is 0. The molecule has 1 rings (SSSR count). The number of nitrogens with one attached hydrogen (secondary N) is 2. The third-order valence-corrected chi connectivity index (χ3v) is 5.73. The number of benzene rings is 1. The lowest BCUT2D eigenvalue weighted by Crippen LogP contribution is -2.40. The molecule has 0 bridgehead atoms. The fourth-order valence-electron chi connectivity index (χ4n) is 2.29. The Labute approximate surface area is 176 Å². The van der Waals surface area contributed by atoms with Crippen molar-refractivity contribution in [2.24, 2.45) is 4.99 Å². The molecule has 0 aliphatic heterocycles. The highest BCUT2D eigenvalue weighted by atomic mass is 127. The highest BCUT2D eigenvalue weighted by molar-refractivity contribution is 14.0. The summed E-state index contributed by atoms with van der Waals surface area (Å²) in [4.78, 5) is 4.00. The van der Waals surface area contributed by atoms with E-state index in [2.05, 4.69) is 15.6 Å². The van der Waals surface area contributed by atoms with Crippen LogP contribution in [0.2, 0.25) is 0 Å². The molecular weight excluding hydrogens is 494 g/mol. The number of sulfone groups is 1. The highest BCUT2D eigenvalue weighted by Gasteiger charge is 2.30. The van der Waals surface area contributed by atoms with Crippen LogP contribution in [0.4, 0.5) is 13.2 Å². The van der Waals surface area contributed by atoms with E-state index in [1.165, 1.54) is 12.1 Å². The van der Waals surface area contributed by atoms with Gasteiger partial charge in [-0.25, -0.2) is 8.42 Å². The Kier molecular flexibility index (Phi) is 11.3. The number of halogens is 4.